The Morgan fingerprint density at radius 2 is 2.42 bits per heavy atom. The van der Waals surface area contributed by atoms with E-state index < -0.39 is 12.1 Å². The van der Waals surface area contributed by atoms with Crippen LogP contribution in [0.5, 0.6) is 0 Å². The zero-order valence-electron chi connectivity index (χ0n) is 10.6. The Labute approximate surface area is 109 Å². The molecule has 1 aromatic heterocycles. The van der Waals surface area contributed by atoms with Crippen LogP contribution < -0.4 is 5.32 Å². The van der Waals surface area contributed by atoms with Crippen molar-refractivity contribution in [3.05, 3.63) is 12.4 Å². The second kappa shape index (κ2) is 5.70. The summed E-state index contributed by atoms with van der Waals surface area (Å²) in [6.45, 7) is 3.30. The van der Waals surface area contributed by atoms with Gasteiger partial charge < -0.3 is 20.1 Å². The minimum Gasteiger partial charge on any atom is -0.479 e. The Balaban J connectivity index is 1.93. The van der Waals surface area contributed by atoms with Gasteiger partial charge in [0, 0.05) is 19.3 Å². The molecule has 2 amide bonds. The van der Waals surface area contributed by atoms with Crippen LogP contribution in [0.4, 0.5) is 10.5 Å². The lowest BCUT2D eigenvalue weighted by atomic mass is 10.3. The normalized spacial score (nSPS) is 19.2. The molecule has 0 saturated carbocycles. The van der Waals surface area contributed by atoms with Crippen LogP contribution in [0.25, 0.3) is 0 Å². The van der Waals surface area contributed by atoms with Crippen LogP contribution in [0.3, 0.4) is 0 Å². The number of rotatable bonds is 3. The number of morpholine rings is 1. The summed E-state index contributed by atoms with van der Waals surface area (Å²) >= 11 is 0. The zero-order chi connectivity index (χ0) is 13.8. The molecule has 0 aromatic carbocycles. The zero-order valence-corrected chi connectivity index (χ0v) is 10.6. The van der Waals surface area contributed by atoms with Crippen LogP contribution in [0.2, 0.25) is 0 Å². The molecule has 0 aliphatic carbocycles. The molecule has 2 N–H and O–H groups in total. The lowest BCUT2D eigenvalue weighted by Crippen LogP contribution is -2.49. The summed E-state index contributed by atoms with van der Waals surface area (Å²) in [7, 11) is 0. The van der Waals surface area contributed by atoms with E-state index in [4.69, 9.17) is 9.84 Å². The number of urea groups is 1. The average molecular weight is 268 g/mol. The molecule has 1 aliphatic rings. The van der Waals surface area contributed by atoms with Gasteiger partial charge in [-0.3, -0.25) is 4.68 Å². The first kappa shape index (κ1) is 13.3. The molecule has 1 aromatic rings. The van der Waals surface area contributed by atoms with Gasteiger partial charge in [0.2, 0.25) is 0 Å². The molecule has 8 nitrogen and oxygen atoms in total. The van der Waals surface area contributed by atoms with Crippen LogP contribution in [0.15, 0.2) is 12.4 Å². The maximum absolute atomic E-state index is 12.0. The molecule has 104 valence electrons. The number of anilines is 1. The number of carbonyl (C=O) groups is 2. The summed E-state index contributed by atoms with van der Waals surface area (Å²) in [5, 5.41) is 15.6. The lowest BCUT2D eigenvalue weighted by molar-refractivity contribution is -0.154. The van der Waals surface area contributed by atoms with Crippen LogP contribution in [0.1, 0.15) is 6.92 Å². The number of carbonyl (C=O) groups excluding carboxylic acids is 1. The molecule has 0 bridgehead atoms. The van der Waals surface area contributed by atoms with E-state index in [2.05, 4.69) is 10.4 Å². The molecule has 1 fully saturated rings. The Morgan fingerprint density at radius 1 is 1.63 bits per heavy atom. The minimum atomic E-state index is -1.06. The van der Waals surface area contributed by atoms with Gasteiger partial charge >= 0.3 is 12.0 Å². The first-order chi connectivity index (χ1) is 9.10. The standard InChI is InChI=1S/C11H16N4O4/c1-2-15-6-8(5-12-15)13-11(18)14-3-4-19-9(7-14)10(16)17/h5-6,9H,2-4,7H2,1H3,(H,13,18)(H,16,17). The SMILES string of the molecule is CCn1cc(NC(=O)N2CCOC(C(=O)O)C2)cn1. The van der Waals surface area contributed by atoms with Gasteiger partial charge in [0.1, 0.15) is 0 Å². The summed E-state index contributed by atoms with van der Waals surface area (Å²) in [6, 6.07) is -0.342. The Bertz CT molecular complexity index is 473. The van der Waals surface area contributed by atoms with E-state index in [0.29, 0.717) is 18.8 Å². The Hall–Kier alpha value is -2.09. The van der Waals surface area contributed by atoms with Gasteiger partial charge in [-0.15, -0.1) is 0 Å². The Morgan fingerprint density at radius 3 is 3.05 bits per heavy atom. The van der Waals surface area contributed by atoms with Gasteiger partial charge in [0.25, 0.3) is 0 Å². The molecular weight excluding hydrogens is 252 g/mol. The third kappa shape index (κ3) is 3.22. The number of aliphatic carboxylic acids is 1. The number of carboxylic acids is 1. The number of ether oxygens (including phenoxy) is 1. The fourth-order valence-corrected chi connectivity index (χ4v) is 1.79. The molecule has 1 unspecified atom stereocenters. The third-order valence-electron chi connectivity index (χ3n) is 2.84. The van der Waals surface area contributed by atoms with E-state index in [-0.39, 0.29) is 19.2 Å². The maximum atomic E-state index is 12.0. The van der Waals surface area contributed by atoms with Crippen molar-refractivity contribution in [3.8, 4) is 0 Å². The summed E-state index contributed by atoms with van der Waals surface area (Å²) in [4.78, 5) is 24.2. The van der Waals surface area contributed by atoms with Gasteiger partial charge in [-0.1, -0.05) is 0 Å². The van der Waals surface area contributed by atoms with Gasteiger partial charge in [-0.2, -0.15) is 5.10 Å². The van der Waals surface area contributed by atoms with E-state index in [1.165, 1.54) is 4.90 Å². The largest absolute Gasteiger partial charge is 0.479 e. The lowest BCUT2D eigenvalue weighted by Gasteiger charge is -2.30. The highest BCUT2D eigenvalue weighted by Crippen LogP contribution is 2.10. The molecule has 0 spiro atoms. The smallest absolute Gasteiger partial charge is 0.334 e. The van der Waals surface area contributed by atoms with Crippen molar-refractivity contribution in [2.24, 2.45) is 0 Å². The van der Waals surface area contributed by atoms with Crippen molar-refractivity contribution in [2.75, 3.05) is 25.0 Å². The average Bonchev–Trinajstić information content (AvgIpc) is 2.86. The summed E-state index contributed by atoms with van der Waals surface area (Å²) < 4.78 is 6.74. The van der Waals surface area contributed by atoms with Crippen LogP contribution in [0, 0.1) is 0 Å². The maximum Gasteiger partial charge on any atom is 0.334 e. The number of aryl methyl sites for hydroxylation is 1. The number of amides is 2. The van der Waals surface area contributed by atoms with E-state index in [1.54, 1.807) is 17.1 Å². The highest BCUT2D eigenvalue weighted by atomic mass is 16.5. The highest BCUT2D eigenvalue weighted by Gasteiger charge is 2.29. The minimum absolute atomic E-state index is 0.0447. The van der Waals surface area contributed by atoms with Crippen molar-refractivity contribution in [3.63, 3.8) is 0 Å². The van der Waals surface area contributed by atoms with Crippen molar-refractivity contribution in [1.29, 1.82) is 0 Å². The van der Waals surface area contributed by atoms with Crippen molar-refractivity contribution >= 4 is 17.7 Å². The second-order valence-electron chi connectivity index (χ2n) is 4.16. The molecule has 1 aliphatic heterocycles. The van der Waals surface area contributed by atoms with E-state index >= 15 is 0 Å². The third-order valence-corrected chi connectivity index (χ3v) is 2.84. The van der Waals surface area contributed by atoms with E-state index in [9.17, 15) is 9.59 Å². The molecular formula is C11H16N4O4. The molecule has 8 heteroatoms. The number of aromatic nitrogens is 2. The summed E-state index contributed by atoms with van der Waals surface area (Å²) in [6.07, 6.45) is 2.31. The van der Waals surface area contributed by atoms with Crippen molar-refractivity contribution in [2.45, 2.75) is 19.6 Å². The fourth-order valence-electron chi connectivity index (χ4n) is 1.79. The van der Waals surface area contributed by atoms with Crippen molar-refractivity contribution in [1.82, 2.24) is 14.7 Å². The van der Waals surface area contributed by atoms with Gasteiger partial charge in [-0.25, -0.2) is 9.59 Å². The predicted molar refractivity (Wildman–Crippen MR) is 65.9 cm³/mol. The predicted octanol–water partition coefficient (Wildman–Crippen LogP) is 0.220. The van der Waals surface area contributed by atoms with Crippen LogP contribution in [-0.4, -0.2) is 57.6 Å². The van der Waals surface area contributed by atoms with Crippen LogP contribution in [-0.2, 0) is 16.1 Å². The fraction of sp³-hybridized carbons (Fsp3) is 0.545. The van der Waals surface area contributed by atoms with E-state index in [0.717, 1.165) is 0 Å². The van der Waals surface area contributed by atoms with Gasteiger partial charge in [0.15, 0.2) is 6.10 Å². The quantitative estimate of drug-likeness (QED) is 0.817. The first-order valence-corrected chi connectivity index (χ1v) is 6.03. The van der Waals surface area contributed by atoms with Gasteiger partial charge in [-0.05, 0) is 6.92 Å². The second-order valence-corrected chi connectivity index (χ2v) is 4.16. The Kier molecular flexibility index (Phi) is 4.00. The van der Waals surface area contributed by atoms with E-state index in [1.807, 2.05) is 6.92 Å². The van der Waals surface area contributed by atoms with Crippen molar-refractivity contribution < 1.29 is 19.4 Å². The first-order valence-electron chi connectivity index (χ1n) is 6.03. The molecule has 2 heterocycles. The molecule has 0 radical (unpaired) electrons. The number of nitrogens with zero attached hydrogens (tertiary/aromatic N) is 3. The number of nitrogens with one attached hydrogen (secondary N) is 1. The van der Waals surface area contributed by atoms with Crippen LogP contribution >= 0.6 is 0 Å². The number of hydrogen-bond acceptors (Lipinski definition) is 4. The number of hydrogen-bond donors (Lipinski definition) is 2. The molecule has 19 heavy (non-hydrogen) atoms. The highest BCUT2D eigenvalue weighted by molar-refractivity contribution is 5.89. The monoisotopic (exact) mass is 268 g/mol. The molecule has 1 saturated heterocycles. The topological polar surface area (TPSA) is 96.7 Å². The molecule has 2 rings (SSSR count). The van der Waals surface area contributed by atoms with Gasteiger partial charge in [0.05, 0.1) is 25.0 Å². The number of carboxylic acid groups (broad SMARTS) is 1. The summed E-state index contributed by atoms with van der Waals surface area (Å²) in [5.41, 5.74) is 0.588. The molecule has 1 atom stereocenters. The summed E-state index contributed by atoms with van der Waals surface area (Å²) in [5.74, 6) is -1.06.